The van der Waals surface area contributed by atoms with E-state index in [0.717, 1.165) is 50.2 Å². The number of piperazine rings is 1. The number of aromatic amines is 1. The van der Waals surface area contributed by atoms with Crippen molar-refractivity contribution in [3.63, 3.8) is 0 Å². The number of nitrogens with one attached hydrogen (secondary N) is 2. The van der Waals surface area contributed by atoms with E-state index in [9.17, 15) is 9.59 Å². The maximum absolute atomic E-state index is 12.7. The molecule has 0 saturated carbocycles. The summed E-state index contributed by atoms with van der Waals surface area (Å²) in [6, 6.07) is 11.8. The van der Waals surface area contributed by atoms with Crippen molar-refractivity contribution in [2.75, 3.05) is 45.2 Å². The van der Waals surface area contributed by atoms with E-state index in [1.165, 1.54) is 18.9 Å². The monoisotopic (exact) mass is 499 g/mol. The molecule has 0 spiro atoms. The predicted molar refractivity (Wildman–Crippen MR) is 142 cm³/mol. The van der Waals surface area contributed by atoms with Gasteiger partial charge in [0.2, 0.25) is 11.8 Å². The van der Waals surface area contributed by atoms with Crippen LogP contribution in [0.1, 0.15) is 12.5 Å². The van der Waals surface area contributed by atoms with Crippen molar-refractivity contribution in [3.05, 3.63) is 70.9 Å². The van der Waals surface area contributed by atoms with Crippen LogP contribution in [0.4, 0.5) is 11.5 Å². The second-order valence-corrected chi connectivity index (χ2v) is 8.99. The molecule has 0 atom stereocenters. The largest absolute Gasteiger partial charge is 0.480 e. The minimum Gasteiger partial charge on any atom is -0.480 e. The van der Waals surface area contributed by atoms with E-state index in [1.807, 2.05) is 29.2 Å². The smallest absolute Gasteiger partial charge is 0.259 e. The van der Waals surface area contributed by atoms with Gasteiger partial charge in [-0.2, -0.15) is 0 Å². The number of hydrogen-bond acceptors (Lipinski definition) is 8. The Balaban J connectivity index is 1.33. The van der Waals surface area contributed by atoms with Crippen molar-refractivity contribution in [2.24, 2.45) is 0 Å². The van der Waals surface area contributed by atoms with E-state index >= 15 is 0 Å². The summed E-state index contributed by atoms with van der Waals surface area (Å²) in [5, 5.41) is 4.52. The SMILES string of the molecule is COc1cncc(-c2cc3cc[nH]c(=O)c3c(Nc3ccc(CCN4CCN(C(C)=O)CC4)cc3)n2)n1. The normalized spacial score (nSPS) is 14.1. The maximum atomic E-state index is 12.7. The Labute approximate surface area is 214 Å². The predicted octanol–water partition coefficient (Wildman–Crippen LogP) is 2.84. The third-order valence-corrected chi connectivity index (χ3v) is 6.59. The summed E-state index contributed by atoms with van der Waals surface area (Å²) in [5.74, 6) is 0.972. The summed E-state index contributed by atoms with van der Waals surface area (Å²) in [4.78, 5) is 44.6. The van der Waals surface area contributed by atoms with Crippen LogP contribution in [-0.2, 0) is 11.2 Å². The zero-order valence-corrected chi connectivity index (χ0v) is 20.9. The van der Waals surface area contributed by atoms with Gasteiger partial charge in [0.15, 0.2) is 0 Å². The van der Waals surface area contributed by atoms with Crippen LogP contribution < -0.4 is 15.6 Å². The van der Waals surface area contributed by atoms with Crippen molar-refractivity contribution in [1.29, 1.82) is 0 Å². The number of pyridine rings is 2. The van der Waals surface area contributed by atoms with Crippen LogP contribution in [0, 0.1) is 0 Å². The average molecular weight is 500 g/mol. The zero-order valence-electron chi connectivity index (χ0n) is 20.9. The number of H-pyrrole nitrogens is 1. The molecule has 37 heavy (non-hydrogen) atoms. The molecular formula is C27H29N7O3. The molecule has 1 aromatic carbocycles. The number of nitrogens with zero attached hydrogens (tertiary/aromatic N) is 5. The molecule has 0 unspecified atom stereocenters. The fraction of sp³-hybridized carbons (Fsp3) is 0.296. The Hall–Kier alpha value is -4.31. The molecule has 0 aliphatic carbocycles. The molecule has 0 radical (unpaired) electrons. The van der Waals surface area contributed by atoms with Crippen molar-refractivity contribution < 1.29 is 9.53 Å². The number of aromatic nitrogens is 4. The summed E-state index contributed by atoms with van der Waals surface area (Å²) < 4.78 is 5.20. The van der Waals surface area contributed by atoms with E-state index in [4.69, 9.17) is 9.72 Å². The first-order valence-corrected chi connectivity index (χ1v) is 12.2. The van der Waals surface area contributed by atoms with Crippen LogP contribution in [0.2, 0.25) is 0 Å². The molecule has 4 aromatic rings. The van der Waals surface area contributed by atoms with Gasteiger partial charge >= 0.3 is 0 Å². The van der Waals surface area contributed by atoms with Crippen LogP contribution in [0.15, 0.2) is 59.8 Å². The number of amides is 1. The lowest BCUT2D eigenvalue weighted by atomic mass is 10.1. The van der Waals surface area contributed by atoms with Gasteiger partial charge in [-0.25, -0.2) is 9.97 Å². The number of hydrogen-bond donors (Lipinski definition) is 2. The van der Waals surface area contributed by atoms with Gasteiger partial charge in [0.25, 0.3) is 5.56 Å². The molecular weight excluding hydrogens is 470 g/mol. The lowest BCUT2D eigenvalue weighted by molar-refractivity contribution is -0.130. The first kappa shape index (κ1) is 24.4. The first-order chi connectivity index (χ1) is 18.0. The molecule has 0 bridgehead atoms. The molecule has 2 N–H and O–H groups in total. The van der Waals surface area contributed by atoms with Crippen molar-refractivity contribution >= 4 is 28.2 Å². The van der Waals surface area contributed by atoms with Crippen LogP contribution in [0.3, 0.4) is 0 Å². The molecule has 1 saturated heterocycles. The van der Waals surface area contributed by atoms with Crippen LogP contribution in [0.5, 0.6) is 5.88 Å². The molecule has 1 aliphatic rings. The fourth-order valence-corrected chi connectivity index (χ4v) is 4.47. The van der Waals surface area contributed by atoms with Crippen molar-refractivity contribution in [3.8, 4) is 17.3 Å². The second-order valence-electron chi connectivity index (χ2n) is 8.99. The fourth-order valence-electron chi connectivity index (χ4n) is 4.47. The first-order valence-electron chi connectivity index (χ1n) is 12.2. The van der Waals surface area contributed by atoms with E-state index in [-0.39, 0.29) is 11.5 Å². The Morgan fingerprint density at radius 1 is 1.05 bits per heavy atom. The minimum absolute atomic E-state index is 0.147. The summed E-state index contributed by atoms with van der Waals surface area (Å²) in [7, 11) is 1.53. The third kappa shape index (κ3) is 5.59. The lowest BCUT2D eigenvalue weighted by Crippen LogP contribution is -2.48. The Bertz CT molecular complexity index is 1460. The summed E-state index contributed by atoms with van der Waals surface area (Å²) in [6.45, 7) is 5.96. The van der Waals surface area contributed by atoms with E-state index in [2.05, 4.69) is 37.3 Å². The number of methoxy groups -OCH3 is 1. The Kier molecular flexibility index (Phi) is 7.09. The summed E-state index contributed by atoms with van der Waals surface area (Å²) in [5.41, 5.74) is 2.94. The Morgan fingerprint density at radius 2 is 1.84 bits per heavy atom. The van der Waals surface area contributed by atoms with Crippen LogP contribution in [0.25, 0.3) is 22.2 Å². The standard InChI is InChI=1S/C27H29N7O3/c1-18(35)34-13-11-33(12-14-34)10-8-19-3-5-21(6-4-19)30-26-25-20(7-9-29-27(25)36)15-22(32-26)23-16-28-17-24(31-23)37-2/h3-7,9,15-17H,8,10-14H2,1-2H3,(H,29,36)(H,30,32). The molecule has 10 nitrogen and oxygen atoms in total. The quantitative estimate of drug-likeness (QED) is 0.399. The molecule has 3 aromatic heterocycles. The van der Waals surface area contributed by atoms with Gasteiger partial charge < -0.3 is 19.9 Å². The number of anilines is 2. The number of rotatable bonds is 7. The number of carbonyl (C=O) groups excluding carboxylic acids is 1. The maximum Gasteiger partial charge on any atom is 0.259 e. The summed E-state index contributed by atoms with van der Waals surface area (Å²) in [6.07, 6.45) is 5.68. The molecule has 1 aliphatic heterocycles. The number of ether oxygens (including phenoxy) is 1. The van der Waals surface area contributed by atoms with Crippen molar-refractivity contribution in [2.45, 2.75) is 13.3 Å². The third-order valence-electron chi connectivity index (χ3n) is 6.59. The second kappa shape index (κ2) is 10.8. The van der Waals surface area contributed by atoms with E-state index in [1.54, 1.807) is 19.3 Å². The number of carbonyl (C=O) groups is 1. The zero-order chi connectivity index (χ0) is 25.8. The van der Waals surface area contributed by atoms with Gasteiger partial charge in [0.1, 0.15) is 11.5 Å². The minimum atomic E-state index is -0.225. The topological polar surface area (TPSA) is 116 Å². The molecule has 10 heteroatoms. The molecule has 190 valence electrons. The average Bonchev–Trinajstić information content (AvgIpc) is 2.93. The van der Waals surface area contributed by atoms with E-state index < -0.39 is 0 Å². The lowest BCUT2D eigenvalue weighted by Gasteiger charge is -2.34. The van der Waals surface area contributed by atoms with Gasteiger partial charge in [-0.1, -0.05) is 12.1 Å². The van der Waals surface area contributed by atoms with Crippen LogP contribution in [-0.4, -0.2) is 75.5 Å². The van der Waals surface area contributed by atoms with Crippen molar-refractivity contribution in [1.82, 2.24) is 29.7 Å². The van der Waals surface area contributed by atoms with Gasteiger partial charge in [0.05, 0.1) is 30.6 Å². The highest BCUT2D eigenvalue weighted by atomic mass is 16.5. The van der Waals surface area contributed by atoms with E-state index in [0.29, 0.717) is 28.5 Å². The van der Waals surface area contributed by atoms with Gasteiger partial charge in [-0.3, -0.25) is 19.5 Å². The van der Waals surface area contributed by atoms with Gasteiger partial charge in [-0.05, 0) is 41.6 Å². The number of fused-ring (bicyclic) bond motifs is 1. The molecule has 1 amide bonds. The Morgan fingerprint density at radius 3 is 2.57 bits per heavy atom. The van der Waals surface area contributed by atoms with Crippen LogP contribution >= 0.6 is 0 Å². The molecule has 4 heterocycles. The highest BCUT2D eigenvalue weighted by Crippen LogP contribution is 2.27. The highest BCUT2D eigenvalue weighted by Gasteiger charge is 2.18. The highest BCUT2D eigenvalue weighted by molar-refractivity contribution is 5.94. The van der Waals surface area contributed by atoms with Gasteiger partial charge in [0, 0.05) is 51.5 Å². The van der Waals surface area contributed by atoms with Gasteiger partial charge in [-0.15, -0.1) is 0 Å². The summed E-state index contributed by atoms with van der Waals surface area (Å²) >= 11 is 0. The molecule has 1 fully saturated rings. The number of benzene rings is 1. The molecule has 5 rings (SSSR count).